The third-order valence-corrected chi connectivity index (χ3v) is 7.67. The second-order valence-electron chi connectivity index (χ2n) is 7.80. The van der Waals surface area contributed by atoms with Crippen molar-refractivity contribution >= 4 is 44.7 Å². The molecule has 0 atom stereocenters. The van der Waals surface area contributed by atoms with Gasteiger partial charge in [0.15, 0.2) is 11.0 Å². The number of hydrogen-bond acceptors (Lipinski definition) is 6. The molecule has 1 N–H and O–H groups in total. The number of halogens is 1. The highest BCUT2D eigenvalue weighted by Gasteiger charge is 2.27. The van der Waals surface area contributed by atoms with E-state index in [0.29, 0.717) is 42.5 Å². The summed E-state index contributed by atoms with van der Waals surface area (Å²) in [5.74, 6) is 0.440. The first-order chi connectivity index (χ1) is 15.8. The van der Waals surface area contributed by atoms with Gasteiger partial charge in [-0.25, -0.2) is 8.42 Å². The van der Waals surface area contributed by atoms with Crippen LogP contribution in [0.2, 0.25) is 5.15 Å². The van der Waals surface area contributed by atoms with Crippen molar-refractivity contribution in [2.24, 2.45) is 5.92 Å². The third kappa shape index (κ3) is 5.26. The molecule has 0 spiro atoms. The fourth-order valence-corrected chi connectivity index (χ4v) is 5.10. The van der Waals surface area contributed by atoms with Crippen molar-refractivity contribution in [2.75, 3.05) is 34.7 Å². The first kappa shape index (κ1) is 23.0. The average molecular weight is 486 g/mol. The smallest absolute Gasteiger partial charge is 0.264 e. The van der Waals surface area contributed by atoms with Crippen LogP contribution in [0.25, 0.3) is 0 Å². The Morgan fingerprint density at radius 1 is 1.03 bits per heavy atom. The van der Waals surface area contributed by atoms with Gasteiger partial charge in [-0.05, 0) is 55.3 Å². The molecule has 0 bridgehead atoms. The molecule has 1 fully saturated rings. The van der Waals surface area contributed by atoms with E-state index in [-0.39, 0.29) is 16.7 Å². The second kappa shape index (κ2) is 9.76. The lowest BCUT2D eigenvalue weighted by molar-refractivity contribution is -0.120. The summed E-state index contributed by atoms with van der Waals surface area (Å²) in [5, 5.41) is 11.2. The maximum atomic E-state index is 13.1. The molecule has 1 aromatic heterocycles. The number of piperidine rings is 1. The number of para-hydroxylation sites is 1. The number of hydrogen-bond donors (Lipinski definition) is 1. The number of nitrogens with one attached hydrogen (secondary N) is 1. The van der Waals surface area contributed by atoms with E-state index < -0.39 is 10.0 Å². The van der Waals surface area contributed by atoms with Crippen LogP contribution in [-0.2, 0) is 14.8 Å². The molecule has 172 valence electrons. The molecule has 4 rings (SSSR count). The minimum atomic E-state index is -3.76. The molecule has 8 nitrogen and oxygen atoms in total. The van der Waals surface area contributed by atoms with Gasteiger partial charge in [0.25, 0.3) is 10.0 Å². The maximum absolute atomic E-state index is 13.1. The molecule has 3 aromatic rings. The summed E-state index contributed by atoms with van der Waals surface area (Å²) in [4.78, 5) is 15.0. The Hall–Kier alpha value is -3.17. The lowest BCUT2D eigenvalue weighted by Gasteiger charge is -2.31. The van der Waals surface area contributed by atoms with Crippen LogP contribution in [0.15, 0.2) is 71.6 Å². The normalized spacial score (nSPS) is 14.7. The average Bonchev–Trinajstić information content (AvgIpc) is 2.85. The Morgan fingerprint density at radius 2 is 1.76 bits per heavy atom. The Morgan fingerprint density at radius 3 is 2.42 bits per heavy atom. The van der Waals surface area contributed by atoms with E-state index in [9.17, 15) is 13.2 Å². The summed E-state index contributed by atoms with van der Waals surface area (Å²) in [7, 11) is -2.25. The van der Waals surface area contributed by atoms with Gasteiger partial charge in [-0.15, -0.1) is 10.2 Å². The fourth-order valence-electron chi connectivity index (χ4n) is 3.76. The zero-order chi connectivity index (χ0) is 23.4. The molecule has 1 saturated heterocycles. The van der Waals surface area contributed by atoms with Crippen molar-refractivity contribution in [1.82, 2.24) is 10.2 Å². The van der Waals surface area contributed by atoms with Gasteiger partial charge in [0, 0.05) is 31.7 Å². The van der Waals surface area contributed by atoms with Crippen molar-refractivity contribution in [3.05, 3.63) is 71.9 Å². The molecule has 0 aliphatic carbocycles. The van der Waals surface area contributed by atoms with E-state index >= 15 is 0 Å². The van der Waals surface area contributed by atoms with E-state index in [1.54, 1.807) is 42.5 Å². The number of sulfonamides is 1. The second-order valence-corrected chi connectivity index (χ2v) is 10.2. The number of amides is 1. The lowest BCUT2D eigenvalue weighted by Crippen LogP contribution is -2.38. The molecule has 0 unspecified atom stereocenters. The number of rotatable bonds is 6. The molecular formula is C23H24ClN5O3S. The highest BCUT2D eigenvalue weighted by Crippen LogP contribution is 2.26. The summed E-state index contributed by atoms with van der Waals surface area (Å²) in [6, 6.07) is 18.7. The van der Waals surface area contributed by atoms with E-state index in [1.807, 2.05) is 12.1 Å². The van der Waals surface area contributed by atoms with Gasteiger partial charge in [0.05, 0.1) is 10.6 Å². The third-order valence-electron chi connectivity index (χ3n) is 5.69. The summed E-state index contributed by atoms with van der Waals surface area (Å²) in [6.07, 6.45) is 1.32. The van der Waals surface area contributed by atoms with Crippen LogP contribution in [0.4, 0.5) is 17.2 Å². The van der Waals surface area contributed by atoms with Crippen molar-refractivity contribution in [1.29, 1.82) is 0 Å². The minimum absolute atomic E-state index is 0.114. The van der Waals surface area contributed by atoms with Crippen LogP contribution >= 0.6 is 11.6 Å². The fraction of sp³-hybridized carbons (Fsp3) is 0.261. The van der Waals surface area contributed by atoms with E-state index in [2.05, 4.69) is 20.4 Å². The largest absolute Gasteiger partial charge is 0.355 e. The standard InChI is InChI=1S/C23H24ClN5O3S/c1-28(19-7-3-2-4-8-19)33(31,32)20-9-5-6-18(16-20)25-23(30)17-12-14-29(15-13-17)22-11-10-21(24)26-27-22/h2-11,16-17H,12-15H2,1H3,(H,25,30). The summed E-state index contributed by atoms with van der Waals surface area (Å²) >= 11 is 5.79. The maximum Gasteiger partial charge on any atom is 0.264 e. The first-order valence-electron chi connectivity index (χ1n) is 10.5. The van der Waals surface area contributed by atoms with Crippen LogP contribution in [0.1, 0.15) is 12.8 Å². The molecule has 2 heterocycles. The van der Waals surface area contributed by atoms with E-state index in [0.717, 1.165) is 5.82 Å². The van der Waals surface area contributed by atoms with Crippen LogP contribution in [0, 0.1) is 5.92 Å². The Kier molecular flexibility index (Phi) is 6.80. The van der Waals surface area contributed by atoms with Gasteiger partial charge < -0.3 is 10.2 Å². The number of nitrogens with zero attached hydrogens (tertiary/aromatic N) is 4. The molecule has 0 radical (unpaired) electrons. The monoisotopic (exact) mass is 485 g/mol. The predicted octanol–water partition coefficient (Wildman–Crippen LogP) is 3.81. The number of carbonyl (C=O) groups excluding carboxylic acids is 1. The quantitative estimate of drug-likeness (QED) is 0.570. The molecule has 10 heteroatoms. The van der Waals surface area contributed by atoms with Crippen molar-refractivity contribution in [2.45, 2.75) is 17.7 Å². The molecule has 1 amide bonds. The highest BCUT2D eigenvalue weighted by atomic mass is 35.5. The van der Waals surface area contributed by atoms with Crippen molar-refractivity contribution in [3.63, 3.8) is 0 Å². The molecule has 1 aliphatic heterocycles. The molecule has 0 saturated carbocycles. The zero-order valence-electron chi connectivity index (χ0n) is 18.1. The Bertz CT molecular complexity index is 1210. The van der Waals surface area contributed by atoms with Crippen LogP contribution < -0.4 is 14.5 Å². The molecular weight excluding hydrogens is 462 g/mol. The van der Waals surface area contributed by atoms with Crippen molar-refractivity contribution in [3.8, 4) is 0 Å². The van der Waals surface area contributed by atoms with Gasteiger partial charge >= 0.3 is 0 Å². The van der Waals surface area contributed by atoms with Crippen molar-refractivity contribution < 1.29 is 13.2 Å². The predicted molar refractivity (Wildman–Crippen MR) is 129 cm³/mol. The number of anilines is 3. The van der Waals surface area contributed by atoms with E-state index in [1.165, 1.54) is 23.5 Å². The minimum Gasteiger partial charge on any atom is -0.355 e. The summed E-state index contributed by atoms with van der Waals surface area (Å²) in [6.45, 7) is 1.34. The van der Waals surface area contributed by atoms with E-state index in [4.69, 9.17) is 11.6 Å². The topological polar surface area (TPSA) is 95.5 Å². The molecule has 1 aliphatic rings. The first-order valence-corrected chi connectivity index (χ1v) is 12.4. The van der Waals surface area contributed by atoms with Gasteiger partial charge in [0.2, 0.25) is 5.91 Å². The van der Waals surface area contributed by atoms with Crippen LogP contribution in [0.5, 0.6) is 0 Å². The number of benzene rings is 2. The molecule has 33 heavy (non-hydrogen) atoms. The molecule has 2 aromatic carbocycles. The van der Waals surface area contributed by atoms with Gasteiger partial charge in [-0.3, -0.25) is 9.10 Å². The highest BCUT2D eigenvalue weighted by molar-refractivity contribution is 7.92. The number of aromatic nitrogens is 2. The summed E-state index contributed by atoms with van der Waals surface area (Å²) < 4.78 is 27.3. The number of carbonyl (C=O) groups is 1. The van der Waals surface area contributed by atoms with Gasteiger partial charge in [-0.1, -0.05) is 35.9 Å². The van der Waals surface area contributed by atoms with Gasteiger partial charge in [0.1, 0.15) is 0 Å². The van der Waals surface area contributed by atoms with Crippen LogP contribution in [-0.4, -0.2) is 44.7 Å². The Balaban J connectivity index is 1.40. The Labute approximate surface area is 198 Å². The van der Waals surface area contributed by atoms with Gasteiger partial charge in [-0.2, -0.15) is 0 Å². The zero-order valence-corrected chi connectivity index (χ0v) is 19.6. The summed E-state index contributed by atoms with van der Waals surface area (Å²) in [5.41, 5.74) is 1.01. The van der Waals surface area contributed by atoms with Crippen LogP contribution in [0.3, 0.4) is 0 Å². The lowest BCUT2D eigenvalue weighted by atomic mass is 9.96. The SMILES string of the molecule is CN(c1ccccc1)S(=O)(=O)c1cccc(NC(=O)C2CCN(c3ccc(Cl)nn3)CC2)c1.